The zero-order chi connectivity index (χ0) is 15.5. The molecule has 0 aromatic carbocycles. The molecule has 114 valence electrons. The number of aryl methyl sites for hydroxylation is 2. The van der Waals surface area contributed by atoms with Crippen molar-refractivity contribution < 1.29 is 18.3 Å². The Morgan fingerprint density at radius 2 is 1.90 bits per heavy atom. The molecule has 1 N–H and O–H groups in total. The molecule has 1 aromatic rings. The molecule has 0 saturated heterocycles. The molecule has 0 bridgehead atoms. The molecule has 1 rings (SSSR count). The van der Waals surface area contributed by atoms with Gasteiger partial charge in [0.15, 0.2) is 0 Å². The van der Waals surface area contributed by atoms with Gasteiger partial charge in [0.25, 0.3) is 0 Å². The Kier molecular flexibility index (Phi) is 5.69. The summed E-state index contributed by atoms with van der Waals surface area (Å²) in [7, 11) is -0.143. The van der Waals surface area contributed by atoms with Crippen LogP contribution in [0.25, 0.3) is 0 Å². The number of carboxylic acid groups (broad SMARTS) is 1. The van der Waals surface area contributed by atoms with Crippen molar-refractivity contribution in [1.29, 1.82) is 0 Å². The van der Waals surface area contributed by atoms with Crippen LogP contribution in [0.2, 0.25) is 0 Å². The maximum absolute atomic E-state index is 12.6. The SMILES string of the molecule is Cc1cc(S(=O)(=O)N(CCN(C)C)CC(=O)O)c(C)s1. The Balaban J connectivity index is 3.10. The molecule has 0 radical (unpaired) electrons. The summed E-state index contributed by atoms with van der Waals surface area (Å²) in [5.41, 5.74) is 0. The fraction of sp³-hybridized carbons (Fsp3) is 0.583. The van der Waals surface area contributed by atoms with Crippen LogP contribution in [0.5, 0.6) is 0 Å². The van der Waals surface area contributed by atoms with Crippen molar-refractivity contribution in [2.45, 2.75) is 18.7 Å². The van der Waals surface area contributed by atoms with Crippen LogP contribution in [-0.2, 0) is 14.8 Å². The van der Waals surface area contributed by atoms with Crippen LogP contribution in [0.15, 0.2) is 11.0 Å². The number of aliphatic carboxylic acids is 1. The van der Waals surface area contributed by atoms with Gasteiger partial charge in [0.2, 0.25) is 10.0 Å². The maximum Gasteiger partial charge on any atom is 0.318 e. The van der Waals surface area contributed by atoms with Crippen molar-refractivity contribution in [3.05, 3.63) is 15.8 Å². The van der Waals surface area contributed by atoms with Crippen molar-refractivity contribution in [2.75, 3.05) is 33.7 Å². The van der Waals surface area contributed by atoms with E-state index in [1.807, 2.05) is 25.9 Å². The first-order chi connectivity index (χ1) is 9.14. The minimum absolute atomic E-state index is 0.149. The van der Waals surface area contributed by atoms with Crippen molar-refractivity contribution in [3.63, 3.8) is 0 Å². The van der Waals surface area contributed by atoms with Crippen LogP contribution in [0, 0.1) is 13.8 Å². The number of hydrogen-bond acceptors (Lipinski definition) is 5. The van der Waals surface area contributed by atoms with E-state index in [0.717, 1.165) is 9.18 Å². The van der Waals surface area contributed by atoms with E-state index in [9.17, 15) is 13.2 Å². The molecule has 1 heterocycles. The summed E-state index contributed by atoms with van der Waals surface area (Å²) in [4.78, 5) is 14.5. The molecule has 0 saturated carbocycles. The second-order valence-corrected chi connectivity index (χ2v) is 8.18. The van der Waals surface area contributed by atoms with Gasteiger partial charge in [0.05, 0.1) is 4.90 Å². The van der Waals surface area contributed by atoms with E-state index >= 15 is 0 Å². The minimum Gasteiger partial charge on any atom is -0.480 e. The molecular weight excluding hydrogens is 300 g/mol. The predicted molar refractivity (Wildman–Crippen MR) is 78.7 cm³/mol. The highest BCUT2D eigenvalue weighted by Gasteiger charge is 2.28. The van der Waals surface area contributed by atoms with Gasteiger partial charge >= 0.3 is 5.97 Å². The topological polar surface area (TPSA) is 77.9 Å². The van der Waals surface area contributed by atoms with Crippen LogP contribution < -0.4 is 0 Å². The lowest BCUT2D eigenvalue weighted by Crippen LogP contribution is -2.40. The highest BCUT2D eigenvalue weighted by Crippen LogP contribution is 2.27. The van der Waals surface area contributed by atoms with E-state index in [2.05, 4.69) is 0 Å². The standard InChI is InChI=1S/C12H20N2O4S2/c1-9-7-11(10(2)19-9)20(17,18)14(8-12(15)16)6-5-13(3)4/h7H,5-6,8H2,1-4H3,(H,15,16). The first kappa shape index (κ1) is 17.1. The van der Waals surface area contributed by atoms with Gasteiger partial charge in [-0.3, -0.25) is 4.79 Å². The lowest BCUT2D eigenvalue weighted by atomic mass is 10.4. The fourth-order valence-electron chi connectivity index (χ4n) is 1.75. The second kappa shape index (κ2) is 6.66. The molecule has 0 aliphatic carbocycles. The quantitative estimate of drug-likeness (QED) is 0.811. The number of thiophene rings is 1. The van der Waals surface area contributed by atoms with Crippen molar-refractivity contribution in [1.82, 2.24) is 9.21 Å². The molecule has 0 unspecified atom stereocenters. The average molecular weight is 320 g/mol. The lowest BCUT2D eigenvalue weighted by Gasteiger charge is -2.22. The van der Waals surface area contributed by atoms with Gasteiger partial charge in [-0.2, -0.15) is 4.31 Å². The number of carbonyl (C=O) groups is 1. The third-order valence-corrected chi connectivity index (χ3v) is 5.79. The Morgan fingerprint density at radius 3 is 2.30 bits per heavy atom. The lowest BCUT2D eigenvalue weighted by molar-refractivity contribution is -0.137. The Hall–Kier alpha value is -0.960. The van der Waals surface area contributed by atoms with Crippen LogP contribution in [0.1, 0.15) is 9.75 Å². The zero-order valence-corrected chi connectivity index (χ0v) is 13.7. The van der Waals surface area contributed by atoms with Crippen LogP contribution >= 0.6 is 11.3 Å². The Labute approximate surface area is 123 Å². The largest absolute Gasteiger partial charge is 0.480 e. The Bertz CT molecular complexity index is 578. The summed E-state index contributed by atoms with van der Waals surface area (Å²) in [6.45, 7) is 3.66. The van der Waals surface area contributed by atoms with Crippen LogP contribution in [0.4, 0.5) is 0 Å². The van der Waals surface area contributed by atoms with E-state index in [1.165, 1.54) is 11.3 Å². The number of rotatable bonds is 7. The highest BCUT2D eigenvalue weighted by molar-refractivity contribution is 7.89. The fourth-order valence-corrected chi connectivity index (χ4v) is 4.65. The third kappa shape index (κ3) is 4.27. The van der Waals surface area contributed by atoms with Gasteiger partial charge in [0, 0.05) is 22.8 Å². The third-order valence-electron chi connectivity index (χ3n) is 2.72. The first-order valence-electron chi connectivity index (χ1n) is 6.08. The first-order valence-corrected chi connectivity index (χ1v) is 8.34. The van der Waals surface area contributed by atoms with E-state index in [0.29, 0.717) is 11.4 Å². The molecule has 0 fully saturated rings. The molecule has 20 heavy (non-hydrogen) atoms. The smallest absolute Gasteiger partial charge is 0.318 e. The molecule has 6 nitrogen and oxygen atoms in total. The van der Waals surface area contributed by atoms with Gasteiger partial charge in [-0.05, 0) is 34.0 Å². The molecular formula is C12H20N2O4S2. The van der Waals surface area contributed by atoms with E-state index < -0.39 is 22.5 Å². The molecule has 0 aliphatic rings. The monoisotopic (exact) mass is 320 g/mol. The summed E-state index contributed by atoms with van der Waals surface area (Å²) >= 11 is 1.39. The molecule has 1 aromatic heterocycles. The van der Waals surface area contributed by atoms with Gasteiger partial charge in [-0.1, -0.05) is 0 Å². The van der Waals surface area contributed by atoms with Crippen molar-refractivity contribution in [3.8, 4) is 0 Å². The average Bonchev–Trinajstić information content (AvgIpc) is 2.63. The highest BCUT2D eigenvalue weighted by atomic mass is 32.2. The Morgan fingerprint density at radius 1 is 1.30 bits per heavy atom. The normalized spacial score (nSPS) is 12.3. The summed E-state index contributed by atoms with van der Waals surface area (Å²) in [6, 6.07) is 1.60. The number of hydrogen-bond donors (Lipinski definition) is 1. The minimum atomic E-state index is -3.77. The maximum atomic E-state index is 12.6. The van der Waals surface area contributed by atoms with Gasteiger partial charge in [0.1, 0.15) is 6.54 Å². The van der Waals surface area contributed by atoms with E-state index in [-0.39, 0.29) is 11.4 Å². The van der Waals surface area contributed by atoms with Crippen LogP contribution in [-0.4, -0.2) is 62.4 Å². The molecule has 0 atom stereocenters. The molecule has 0 spiro atoms. The van der Waals surface area contributed by atoms with E-state index in [1.54, 1.807) is 13.0 Å². The summed E-state index contributed by atoms with van der Waals surface area (Å²) in [5.74, 6) is -1.16. The second-order valence-electron chi connectivity index (χ2n) is 4.81. The molecule has 8 heteroatoms. The number of sulfonamides is 1. The predicted octanol–water partition coefficient (Wildman–Crippen LogP) is 1.00. The van der Waals surface area contributed by atoms with Gasteiger partial charge in [-0.15, -0.1) is 11.3 Å². The van der Waals surface area contributed by atoms with Gasteiger partial charge in [-0.25, -0.2) is 8.42 Å². The van der Waals surface area contributed by atoms with Crippen molar-refractivity contribution in [2.24, 2.45) is 0 Å². The summed E-state index contributed by atoms with van der Waals surface area (Å²) in [5, 5.41) is 8.92. The molecule has 0 amide bonds. The van der Waals surface area contributed by atoms with E-state index in [4.69, 9.17) is 5.11 Å². The van der Waals surface area contributed by atoms with Crippen molar-refractivity contribution >= 4 is 27.3 Å². The zero-order valence-electron chi connectivity index (χ0n) is 12.1. The van der Waals surface area contributed by atoms with Crippen LogP contribution in [0.3, 0.4) is 0 Å². The summed E-state index contributed by atoms with van der Waals surface area (Å²) in [6.07, 6.45) is 0. The summed E-state index contributed by atoms with van der Waals surface area (Å²) < 4.78 is 26.1. The molecule has 0 aliphatic heterocycles. The number of carboxylic acids is 1. The van der Waals surface area contributed by atoms with Gasteiger partial charge < -0.3 is 10.0 Å². The number of nitrogens with zero attached hydrogens (tertiary/aromatic N) is 2. The number of likely N-dealkylation sites (N-methyl/N-ethyl adjacent to an activating group) is 1.